The second-order valence-corrected chi connectivity index (χ2v) is 11.2. The van der Waals surface area contributed by atoms with E-state index < -0.39 is 18.2 Å². The molecule has 2 aromatic rings. The number of aromatic nitrogens is 1. The summed E-state index contributed by atoms with van der Waals surface area (Å²) in [5, 5.41) is 22.5. The Morgan fingerprint density at radius 1 is 1.20 bits per heavy atom. The molecular formula is C29H42N6O6. The molecule has 1 aliphatic heterocycles. The molecule has 0 saturated heterocycles. The van der Waals surface area contributed by atoms with Gasteiger partial charge in [0.1, 0.15) is 17.5 Å². The molecule has 4 rings (SSSR count). The van der Waals surface area contributed by atoms with E-state index in [1.54, 1.807) is 55.8 Å². The number of likely N-dealkylation sites (N-methyl/N-ethyl adjacent to an activating group) is 1. The van der Waals surface area contributed by atoms with E-state index in [2.05, 4.69) is 21.1 Å². The van der Waals surface area contributed by atoms with Gasteiger partial charge >= 0.3 is 12.1 Å². The van der Waals surface area contributed by atoms with E-state index >= 15 is 0 Å². The molecule has 2 heterocycles. The molecular weight excluding hydrogens is 528 g/mol. The van der Waals surface area contributed by atoms with Gasteiger partial charge in [0.15, 0.2) is 11.5 Å². The van der Waals surface area contributed by atoms with Crippen molar-refractivity contribution in [3.8, 4) is 5.75 Å². The first-order chi connectivity index (χ1) is 19.6. The normalized spacial score (nSPS) is 20.2. The van der Waals surface area contributed by atoms with Crippen molar-refractivity contribution in [3.63, 3.8) is 0 Å². The summed E-state index contributed by atoms with van der Waals surface area (Å²) in [5.41, 5.74) is 1.54. The highest BCUT2D eigenvalue weighted by molar-refractivity contribution is 6.04. The topological polar surface area (TPSA) is 149 Å². The third-order valence-corrected chi connectivity index (χ3v) is 7.94. The van der Waals surface area contributed by atoms with Crippen LogP contribution in [0, 0.1) is 19.8 Å². The molecule has 12 heteroatoms. The average molecular weight is 571 g/mol. The van der Waals surface area contributed by atoms with Crippen LogP contribution in [0.4, 0.5) is 21.0 Å². The summed E-state index contributed by atoms with van der Waals surface area (Å²) in [6.07, 6.45) is 4.87. The summed E-state index contributed by atoms with van der Waals surface area (Å²) >= 11 is 0. The molecule has 1 aromatic heterocycles. The van der Waals surface area contributed by atoms with E-state index in [4.69, 9.17) is 9.26 Å². The van der Waals surface area contributed by atoms with E-state index in [1.165, 1.54) is 6.42 Å². The molecule has 224 valence electrons. The predicted molar refractivity (Wildman–Crippen MR) is 154 cm³/mol. The number of hydrogen-bond donors (Lipinski definition) is 4. The van der Waals surface area contributed by atoms with Gasteiger partial charge < -0.3 is 40.1 Å². The fraction of sp³-hybridized carbons (Fsp3) is 0.586. The first-order valence-corrected chi connectivity index (χ1v) is 14.3. The average Bonchev–Trinajstić information content (AvgIpc) is 3.27. The molecule has 3 atom stereocenters. The number of anilines is 2. The monoisotopic (exact) mass is 570 g/mol. The van der Waals surface area contributed by atoms with Crippen LogP contribution in [0.1, 0.15) is 67.8 Å². The highest BCUT2D eigenvalue weighted by Gasteiger charge is 2.35. The van der Waals surface area contributed by atoms with E-state index in [1.807, 2.05) is 6.92 Å². The van der Waals surface area contributed by atoms with Crippen molar-refractivity contribution in [2.24, 2.45) is 5.92 Å². The van der Waals surface area contributed by atoms with E-state index in [0.29, 0.717) is 29.4 Å². The number of ether oxygens (including phenoxy) is 1. The minimum Gasteiger partial charge on any atom is -0.485 e. The number of aliphatic hydroxyl groups excluding tert-OH is 1. The Hall–Kier alpha value is -3.80. The van der Waals surface area contributed by atoms with Crippen molar-refractivity contribution in [1.29, 1.82) is 0 Å². The number of aryl methyl sites for hydroxylation is 2. The Kier molecular flexibility index (Phi) is 9.74. The van der Waals surface area contributed by atoms with Crippen LogP contribution >= 0.6 is 0 Å². The minimum absolute atomic E-state index is 0.167. The molecule has 0 unspecified atom stereocenters. The van der Waals surface area contributed by atoms with Gasteiger partial charge in [-0.2, -0.15) is 0 Å². The molecule has 41 heavy (non-hydrogen) atoms. The third-order valence-electron chi connectivity index (χ3n) is 7.94. The Morgan fingerprint density at radius 3 is 2.59 bits per heavy atom. The third kappa shape index (κ3) is 7.10. The van der Waals surface area contributed by atoms with Gasteiger partial charge in [0, 0.05) is 25.6 Å². The molecule has 5 amide bonds. The Labute approximate surface area is 240 Å². The SMILES string of the molecule is Cc1noc(C)c1NC(=O)Nc1cccc2c1O[C@H](CN(C)C(=O)NC1CCCCC1)[C@H](C)CN([C@H](C)CO)C2=O. The Bertz CT molecular complexity index is 1220. The molecule has 0 spiro atoms. The molecule has 2 aliphatic rings. The van der Waals surface area contributed by atoms with Crippen LogP contribution in [-0.2, 0) is 0 Å². The number of benzene rings is 1. The lowest BCUT2D eigenvalue weighted by Gasteiger charge is -2.38. The van der Waals surface area contributed by atoms with Gasteiger partial charge in [0.2, 0.25) is 0 Å². The van der Waals surface area contributed by atoms with Gasteiger partial charge in [-0.25, -0.2) is 9.59 Å². The summed E-state index contributed by atoms with van der Waals surface area (Å²) < 4.78 is 11.6. The van der Waals surface area contributed by atoms with Crippen molar-refractivity contribution >= 4 is 29.3 Å². The van der Waals surface area contributed by atoms with Crippen molar-refractivity contribution in [2.45, 2.75) is 78.0 Å². The number of amides is 5. The predicted octanol–water partition coefficient (Wildman–Crippen LogP) is 4.13. The molecule has 1 aromatic carbocycles. The van der Waals surface area contributed by atoms with Crippen LogP contribution in [0.5, 0.6) is 5.75 Å². The summed E-state index contributed by atoms with van der Waals surface area (Å²) in [6, 6.07) is 3.96. The zero-order chi connectivity index (χ0) is 29.7. The van der Waals surface area contributed by atoms with Crippen LogP contribution in [0.15, 0.2) is 22.7 Å². The number of carbonyl (C=O) groups excluding carboxylic acids is 3. The molecule has 4 N–H and O–H groups in total. The lowest BCUT2D eigenvalue weighted by molar-refractivity contribution is 0.0368. The van der Waals surface area contributed by atoms with Crippen LogP contribution in [-0.4, -0.2) is 83.0 Å². The number of para-hydroxylation sites is 1. The number of fused-ring (bicyclic) bond motifs is 1. The standard InChI is InChI=1S/C29H42N6O6/c1-17-14-35(18(2)16-36)27(37)22-12-9-13-23(31-28(38)32-25-19(3)33-41-20(25)4)26(22)40-24(17)15-34(5)29(39)30-21-10-7-6-8-11-21/h9,12-13,17-18,21,24,36H,6-8,10-11,14-16H2,1-5H3,(H,30,39)(H2,31,32,38)/t17-,18-,24-/m1/s1. The van der Waals surface area contributed by atoms with Gasteiger partial charge in [-0.05, 0) is 45.7 Å². The fourth-order valence-electron chi connectivity index (χ4n) is 5.37. The van der Waals surface area contributed by atoms with Crippen LogP contribution in [0.2, 0.25) is 0 Å². The number of rotatable bonds is 7. The maximum absolute atomic E-state index is 13.7. The summed E-state index contributed by atoms with van der Waals surface area (Å²) in [5.74, 6) is 0.156. The highest BCUT2D eigenvalue weighted by Crippen LogP contribution is 2.35. The lowest BCUT2D eigenvalue weighted by atomic mass is 9.96. The summed E-state index contributed by atoms with van der Waals surface area (Å²) in [7, 11) is 1.73. The van der Waals surface area contributed by atoms with E-state index in [0.717, 1.165) is 25.7 Å². The number of nitrogens with zero attached hydrogens (tertiary/aromatic N) is 3. The van der Waals surface area contributed by atoms with Crippen LogP contribution in [0.3, 0.4) is 0 Å². The van der Waals surface area contributed by atoms with Gasteiger partial charge in [0.25, 0.3) is 5.91 Å². The van der Waals surface area contributed by atoms with Crippen molar-refractivity contribution < 1.29 is 28.8 Å². The van der Waals surface area contributed by atoms with E-state index in [9.17, 15) is 19.5 Å². The second-order valence-electron chi connectivity index (χ2n) is 11.2. The lowest BCUT2D eigenvalue weighted by Crippen LogP contribution is -2.52. The molecule has 0 bridgehead atoms. The van der Waals surface area contributed by atoms with Gasteiger partial charge in [-0.3, -0.25) is 4.79 Å². The molecule has 0 radical (unpaired) electrons. The Morgan fingerprint density at radius 2 is 1.93 bits per heavy atom. The number of urea groups is 2. The molecule has 1 aliphatic carbocycles. The fourth-order valence-corrected chi connectivity index (χ4v) is 5.37. The van der Waals surface area contributed by atoms with Crippen molar-refractivity contribution in [1.82, 2.24) is 20.3 Å². The largest absolute Gasteiger partial charge is 0.485 e. The zero-order valence-electron chi connectivity index (χ0n) is 24.5. The minimum atomic E-state index is -0.555. The number of aliphatic hydroxyl groups is 1. The Balaban J connectivity index is 1.60. The van der Waals surface area contributed by atoms with Gasteiger partial charge in [-0.1, -0.05) is 37.4 Å². The second kappa shape index (κ2) is 13.2. The van der Waals surface area contributed by atoms with Crippen LogP contribution < -0.4 is 20.7 Å². The van der Waals surface area contributed by atoms with Crippen molar-refractivity contribution in [2.75, 3.05) is 37.4 Å². The van der Waals surface area contributed by atoms with Crippen molar-refractivity contribution in [3.05, 3.63) is 35.2 Å². The molecule has 12 nitrogen and oxygen atoms in total. The van der Waals surface area contributed by atoms with Gasteiger partial charge in [-0.15, -0.1) is 0 Å². The highest BCUT2D eigenvalue weighted by atomic mass is 16.5. The summed E-state index contributed by atoms with van der Waals surface area (Å²) in [4.78, 5) is 43.0. The van der Waals surface area contributed by atoms with Gasteiger partial charge in [0.05, 0.1) is 30.4 Å². The number of carbonyl (C=O) groups is 3. The maximum atomic E-state index is 13.7. The molecule has 1 fully saturated rings. The first kappa shape index (κ1) is 30.2. The van der Waals surface area contributed by atoms with E-state index in [-0.39, 0.29) is 48.4 Å². The first-order valence-electron chi connectivity index (χ1n) is 14.3. The smallest absolute Gasteiger partial charge is 0.323 e. The zero-order valence-corrected chi connectivity index (χ0v) is 24.5. The summed E-state index contributed by atoms with van der Waals surface area (Å²) in [6.45, 7) is 7.52. The number of nitrogens with one attached hydrogen (secondary N) is 3. The molecule has 1 saturated carbocycles. The quantitative estimate of drug-likeness (QED) is 0.391. The number of hydrogen-bond acceptors (Lipinski definition) is 7. The van der Waals surface area contributed by atoms with Crippen LogP contribution in [0.25, 0.3) is 0 Å². The maximum Gasteiger partial charge on any atom is 0.323 e.